The van der Waals surface area contributed by atoms with Crippen LogP contribution in [0.3, 0.4) is 0 Å². The van der Waals surface area contributed by atoms with Crippen LogP contribution in [0, 0.1) is 17.7 Å². The molecule has 182 valence electrons. The Morgan fingerprint density at radius 1 is 1.34 bits per heavy atom. The van der Waals surface area contributed by atoms with Gasteiger partial charge in [-0.25, -0.2) is 14.4 Å². The molecule has 2 aromatic rings. The molecule has 0 bridgehead atoms. The number of ether oxygens (including phenoxy) is 1. The summed E-state index contributed by atoms with van der Waals surface area (Å²) in [4.78, 5) is 23.3. The molecule has 1 fully saturated rings. The number of carbonyl (C=O) groups excluding carboxylic acids is 1. The number of halogens is 1. The fourth-order valence-electron chi connectivity index (χ4n) is 3.71. The minimum absolute atomic E-state index is 0.00403. The van der Waals surface area contributed by atoms with Crippen LogP contribution in [0.1, 0.15) is 42.4 Å². The number of hydrogen-bond acceptors (Lipinski definition) is 6. The zero-order chi connectivity index (χ0) is 25.6. The van der Waals surface area contributed by atoms with E-state index in [-0.39, 0.29) is 11.5 Å². The van der Waals surface area contributed by atoms with Crippen LogP contribution >= 0.6 is 0 Å². The quantitative estimate of drug-likeness (QED) is 0.508. The smallest absolute Gasteiger partial charge is 0.257 e. The molecule has 1 aromatic carbocycles. The van der Waals surface area contributed by atoms with Crippen molar-refractivity contribution in [1.29, 1.82) is 0 Å². The third-order valence-electron chi connectivity index (χ3n) is 5.43. The molecule has 0 aliphatic carbocycles. The van der Waals surface area contributed by atoms with Crippen LogP contribution in [0.5, 0.6) is 0 Å². The summed E-state index contributed by atoms with van der Waals surface area (Å²) in [5, 5.41) is 0. The molecule has 7 nitrogen and oxygen atoms in total. The molecule has 1 aliphatic heterocycles. The molecule has 35 heavy (non-hydrogen) atoms. The molecule has 0 radical (unpaired) electrons. The zero-order valence-corrected chi connectivity index (χ0v) is 20.3. The molecule has 1 amide bonds. The minimum atomic E-state index is -0.626. The Balaban J connectivity index is 1.98. The summed E-state index contributed by atoms with van der Waals surface area (Å²) in [5.41, 5.74) is 13.9. The third kappa shape index (κ3) is 6.34. The second-order valence-corrected chi connectivity index (χ2v) is 8.71. The average Bonchev–Trinajstić information content (AvgIpc) is 2.82. The van der Waals surface area contributed by atoms with Crippen molar-refractivity contribution in [3.05, 3.63) is 83.4 Å². The Morgan fingerprint density at radius 3 is 2.74 bits per heavy atom. The van der Waals surface area contributed by atoms with E-state index < -0.39 is 11.4 Å². The first-order chi connectivity index (χ1) is 16.6. The van der Waals surface area contributed by atoms with Crippen molar-refractivity contribution in [3.63, 3.8) is 0 Å². The van der Waals surface area contributed by atoms with Crippen molar-refractivity contribution in [2.75, 3.05) is 19.7 Å². The van der Waals surface area contributed by atoms with Gasteiger partial charge in [-0.3, -0.25) is 4.79 Å². The fraction of sp³-hybridized carbons (Fsp3) is 0.296. The number of aryl methyl sites for hydroxylation is 1. The Bertz CT molecular complexity index is 1250. The van der Waals surface area contributed by atoms with Gasteiger partial charge in [0.2, 0.25) is 0 Å². The molecule has 1 aromatic heterocycles. The maximum atomic E-state index is 15.2. The van der Waals surface area contributed by atoms with Crippen molar-refractivity contribution >= 4 is 5.91 Å². The standard InChI is InChI=1S/C27H30FN5O2/c1-5-24-22(10-8-19(15-29)7-6-18(2)30)25(32-17-31-24)20-9-11-21(23(28)14-20)26(34)33-12-13-35-27(3,4)16-33/h6-7,9,11,14-15,17H,2,5,12-13,16,29-30H2,1,3-4H3/b7-6-,19-15+. The van der Waals surface area contributed by atoms with Gasteiger partial charge in [-0.1, -0.05) is 31.4 Å². The maximum Gasteiger partial charge on any atom is 0.257 e. The van der Waals surface area contributed by atoms with E-state index in [9.17, 15) is 4.79 Å². The normalized spacial score (nSPS) is 15.5. The van der Waals surface area contributed by atoms with Gasteiger partial charge in [0.05, 0.1) is 34.7 Å². The highest BCUT2D eigenvalue weighted by atomic mass is 19.1. The van der Waals surface area contributed by atoms with E-state index in [2.05, 4.69) is 28.4 Å². The Labute approximate surface area is 205 Å². The number of nitrogens with zero attached hydrogens (tertiary/aromatic N) is 3. The summed E-state index contributed by atoms with van der Waals surface area (Å²) in [6.07, 6.45) is 6.62. The zero-order valence-electron chi connectivity index (χ0n) is 20.3. The first-order valence-electron chi connectivity index (χ1n) is 11.3. The number of hydrogen-bond donors (Lipinski definition) is 2. The van der Waals surface area contributed by atoms with Gasteiger partial charge in [0.25, 0.3) is 5.91 Å². The highest BCUT2D eigenvalue weighted by molar-refractivity contribution is 5.95. The summed E-state index contributed by atoms with van der Waals surface area (Å²) >= 11 is 0. The second kappa shape index (κ2) is 11.0. The molecule has 0 unspecified atom stereocenters. The maximum absolute atomic E-state index is 15.2. The fourth-order valence-corrected chi connectivity index (χ4v) is 3.71. The van der Waals surface area contributed by atoms with E-state index in [4.69, 9.17) is 16.2 Å². The second-order valence-electron chi connectivity index (χ2n) is 8.71. The van der Waals surface area contributed by atoms with Gasteiger partial charge >= 0.3 is 0 Å². The van der Waals surface area contributed by atoms with Crippen LogP contribution in [-0.4, -0.2) is 46.1 Å². The monoisotopic (exact) mass is 475 g/mol. The largest absolute Gasteiger partial charge is 0.404 e. The van der Waals surface area contributed by atoms with Crippen LogP contribution in [0.2, 0.25) is 0 Å². The van der Waals surface area contributed by atoms with Crippen LogP contribution in [0.25, 0.3) is 11.3 Å². The molecule has 0 spiro atoms. The first-order valence-corrected chi connectivity index (χ1v) is 11.3. The number of aromatic nitrogens is 2. The van der Waals surface area contributed by atoms with Gasteiger partial charge in [-0.2, -0.15) is 0 Å². The SMILES string of the molecule is C=C(N)/C=C\C(C#Cc1c(CC)ncnc1-c1ccc(C(=O)N2CCOC(C)(C)C2)c(F)c1)=C/N. The lowest BCUT2D eigenvalue weighted by Gasteiger charge is -2.38. The number of nitrogens with two attached hydrogens (primary N) is 2. The van der Waals surface area contributed by atoms with Gasteiger partial charge < -0.3 is 21.1 Å². The number of rotatable bonds is 5. The van der Waals surface area contributed by atoms with E-state index in [1.165, 1.54) is 24.7 Å². The van der Waals surface area contributed by atoms with E-state index in [1.54, 1.807) is 23.1 Å². The lowest BCUT2D eigenvalue weighted by atomic mass is 10.0. The van der Waals surface area contributed by atoms with Crippen LogP contribution in [-0.2, 0) is 11.2 Å². The Morgan fingerprint density at radius 2 is 2.11 bits per heavy atom. The van der Waals surface area contributed by atoms with Crippen LogP contribution in [0.15, 0.2) is 60.7 Å². The van der Waals surface area contributed by atoms with E-state index in [0.717, 1.165) is 0 Å². The summed E-state index contributed by atoms with van der Waals surface area (Å²) in [6, 6.07) is 4.47. The van der Waals surface area contributed by atoms with Crippen LogP contribution < -0.4 is 11.5 Å². The summed E-state index contributed by atoms with van der Waals surface area (Å²) in [5.74, 6) is 5.05. The Kier molecular flexibility index (Phi) is 8.05. The summed E-state index contributed by atoms with van der Waals surface area (Å²) in [6.45, 7) is 10.6. The van der Waals surface area contributed by atoms with Crippen molar-refractivity contribution in [2.24, 2.45) is 11.5 Å². The molecule has 1 saturated heterocycles. The molecule has 1 aliphatic rings. The van der Waals surface area contributed by atoms with E-state index >= 15 is 4.39 Å². The third-order valence-corrected chi connectivity index (χ3v) is 5.43. The number of benzene rings is 1. The van der Waals surface area contributed by atoms with Gasteiger partial charge in [0.1, 0.15) is 12.1 Å². The molecular formula is C27H30FN5O2. The van der Waals surface area contributed by atoms with Gasteiger partial charge in [0, 0.05) is 36.1 Å². The highest BCUT2D eigenvalue weighted by Crippen LogP contribution is 2.26. The molecular weight excluding hydrogens is 445 g/mol. The number of morpholine rings is 1. The molecule has 2 heterocycles. The Hall–Kier alpha value is -3.96. The van der Waals surface area contributed by atoms with Gasteiger partial charge in [-0.15, -0.1) is 0 Å². The lowest BCUT2D eigenvalue weighted by molar-refractivity contribution is -0.0764. The van der Waals surface area contributed by atoms with E-state index in [0.29, 0.717) is 59.9 Å². The number of carbonyl (C=O) groups is 1. The van der Waals surface area contributed by atoms with Crippen molar-refractivity contribution < 1.29 is 13.9 Å². The number of amides is 1. The summed E-state index contributed by atoms with van der Waals surface area (Å²) < 4.78 is 20.8. The molecule has 0 saturated carbocycles. The van der Waals surface area contributed by atoms with Crippen molar-refractivity contribution in [3.8, 4) is 23.1 Å². The summed E-state index contributed by atoms with van der Waals surface area (Å²) in [7, 11) is 0. The van der Waals surface area contributed by atoms with Gasteiger partial charge in [-0.05, 0) is 44.6 Å². The van der Waals surface area contributed by atoms with Crippen molar-refractivity contribution in [1.82, 2.24) is 14.9 Å². The molecule has 8 heteroatoms. The molecule has 4 N–H and O–H groups in total. The molecule has 3 rings (SSSR count). The predicted molar refractivity (Wildman–Crippen MR) is 134 cm³/mol. The van der Waals surface area contributed by atoms with E-state index in [1.807, 2.05) is 20.8 Å². The van der Waals surface area contributed by atoms with Gasteiger partial charge in [0.15, 0.2) is 0 Å². The average molecular weight is 476 g/mol. The topological polar surface area (TPSA) is 107 Å². The number of allylic oxidation sites excluding steroid dienone is 3. The lowest BCUT2D eigenvalue weighted by Crippen LogP contribution is -2.50. The van der Waals surface area contributed by atoms with Crippen LogP contribution in [0.4, 0.5) is 4.39 Å². The first kappa shape index (κ1) is 25.7. The minimum Gasteiger partial charge on any atom is -0.404 e. The van der Waals surface area contributed by atoms with Crippen molar-refractivity contribution in [2.45, 2.75) is 32.8 Å². The highest BCUT2D eigenvalue weighted by Gasteiger charge is 2.31. The molecule has 0 atom stereocenters. The predicted octanol–water partition coefficient (Wildman–Crippen LogP) is 3.32.